The van der Waals surface area contributed by atoms with Gasteiger partial charge in [-0.05, 0) is 49.6 Å². The summed E-state index contributed by atoms with van der Waals surface area (Å²) in [5.41, 5.74) is 2.32. The van der Waals surface area contributed by atoms with E-state index >= 15 is 0 Å². The first-order valence-electron chi connectivity index (χ1n) is 8.61. The molecule has 0 aromatic heterocycles. The Balaban J connectivity index is 2.13. The fourth-order valence-electron chi connectivity index (χ4n) is 2.47. The highest BCUT2D eigenvalue weighted by Crippen LogP contribution is 2.26. The van der Waals surface area contributed by atoms with Crippen LogP contribution in [0.5, 0.6) is 11.5 Å². The fraction of sp³-hybridized carbons (Fsp3) is 0.333. The molecule has 0 fully saturated rings. The lowest BCUT2D eigenvalue weighted by Crippen LogP contribution is -2.13. The number of benzene rings is 2. The minimum Gasteiger partial charge on any atom is -0.487 e. The summed E-state index contributed by atoms with van der Waals surface area (Å²) in [7, 11) is 0. The van der Waals surface area contributed by atoms with Gasteiger partial charge >= 0.3 is 5.97 Å². The fourth-order valence-corrected chi connectivity index (χ4v) is 2.47. The highest BCUT2D eigenvalue weighted by molar-refractivity contribution is 5.95. The number of rotatable bonds is 8. The average molecular weight is 339 g/mol. The predicted molar refractivity (Wildman–Crippen MR) is 101 cm³/mol. The lowest BCUT2D eigenvalue weighted by molar-refractivity contribution is 0.0730. The Morgan fingerprint density at radius 2 is 1.92 bits per heavy atom. The molecule has 0 aliphatic rings. The van der Waals surface area contributed by atoms with Crippen LogP contribution in [0.4, 0.5) is 0 Å². The van der Waals surface area contributed by atoms with Gasteiger partial charge in [0, 0.05) is 12.8 Å². The van der Waals surface area contributed by atoms with Gasteiger partial charge in [-0.15, -0.1) is 0 Å². The van der Waals surface area contributed by atoms with Crippen molar-refractivity contribution < 1.29 is 14.3 Å². The van der Waals surface area contributed by atoms with Crippen LogP contribution in [0.25, 0.3) is 0 Å². The number of hydrogen-bond acceptors (Lipinski definition) is 4. The van der Waals surface area contributed by atoms with Gasteiger partial charge in [-0.25, -0.2) is 4.79 Å². The number of hydrogen-bond donors (Lipinski definition) is 0. The minimum absolute atomic E-state index is 0.332. The molecule has 0 unspecified atom stereocenters. The van der Waals surface area contributed by atoms with Gasteiger partial charge in [-0.3, -0.25) is 4.99 Å². The summed E-state index contributed by atoms with van der Waals surface area (Å²) in [5, 5.41) is 0. The number of unbranched alkanes of at least 4 members (excludes halogenated alkanes) is 1. The van der Waals surface area contributed by atoms with Gasteiger partial charge in [-0.2, -0.15) is 0 Å². The number of ether oxygens (including phenoxy) is 2. The Morgan fingerprint density at radius 3 is 2.64 bits per heavy atom. The maximum Gasteiger partial charge on any atom is 0.347 e. The molecule has 0 aliphatic heterocycles. The van der Waals surface area contributed by atoms with E-state index in [1.165, 1.54) is 0 Å². The summed E-state index contributed by atoms with van der Waals surface area (Å²) in [4.78, 5) is 16.9. The van der Waals surface area contributed by atoms with E-state index in [1.54, 1.807) is 18.3 Å². The van der Waals surface area contributed by atoms with Crippen molar-refractivity contribution in [3.05, 3.63) is 59.2 Å². The van der Waals surface area contributed by atoms with Gasteiger partial charge in [0.2, 0.25) is 0 Å². The SMILES string of the molecule is CCCCN=CCOc1cc(C)cc(C)c1C(=O)Oc1ccccc1. The molecule has 0 heterocycles. The molecule has 132 valence electrons. The van der Waals surface area contributed by atoms with E-state index in [1.807, 2.05) is 44.2 Å². The summed E-state index contributed by atoms with van der Waals surface area (Å²) in [6, 6.07) is 12.8. The van der Waals surface area contributed by atoms with Crippen molar-refractivity contribution in [1.82, 2.24) is 0 Å². The number of aliphatic imine (C=N–C) groups is 1. The van der Waals surface area contributed by atoms with Crippen molar-refractivity contribution in [3.63, 3.8) is 0 Å². The first-order valence-corrected chi connectivity index (χ1v) is 8.61. The molecule has 0 atom stereocenters. The van der Waals surface area contributed by atoms with Crippen molar-refractivity contribution in [2.75, 3.05) is 13.2 Å². The lowest BCUT2D eigenvalue weighted by Gasteiger charge is -2.13. The van der Waals surface area contributed by atoms with Crippen LogP contribution < -0.4 is 9.47 Å². The number of aryl methyl sites for hydroxylation is 2. The highest BCUT2D eigenvalue weighted by atomic mass is 16.5. The smallest absolute Gasteiger partial charge is 0.347 e. The van der Waals surface area contributed by atoms with Crippen LogP contribution >= 0.6 is 0 Å². The zero-order chi connectivity index (χ0) is 18.1. The Morgan fingerprint density at radius 1 is 1.16 bits per heavy atom. The van der Waals surface area contributed by atoms with Crippen LogP contribution in [0.1, 0.15) is 41.3 Å². The van der Waals surface area contributed by atoms with Gasteiger partial charge in [0.25, 0.3) is 0 Å². The number of para-hydroxylation sites is 1. The van der Waals surface area contributed by atoms with Crippen LogP contribution in [0.15, 0.2) is 47.5 Å². The molecule has 4 heteroatoms. The molecule has 4 nitrogen and oxygen atoms in total. The number of carbonyl (C=O) groups excluding carboxylic acids is 1. The van der Waals surface area contributed by atoms with Gasteiger partial charge < -0.3 is 9.47 Å². The summed E-state index contributed by atoms with van der Waals surface area (Å²) in [6.45, 7) is 7.12. The van der Waals surface area contributed by atoms with Crippen molar-refractivity contribution in [2.24, 2.45) is 4.99 Å². The molecule has 0 bridgehead atoms. The molecule has 2 aromatic rings. The summed E-state index contributed by atoms with van der Waals surface area (Å²) >= 11 is 0. The molecule has 0 aliphatic carbocycles. The third-order valence-electron chi connectivity index (χ3n) is 3.68. The second kappa shape index (κ2) is 9.62. The molecular formula is C21H25NO3. The van der Waals surface area contributed by atoms with E-state index in [-0.39, 0.29) is 0 Å². The van der Waals surface area contributed by atoms with Gasteiger partial charge in [-0.1, -0.05) is 37.6 Å². The zero-order valence-corrected chi connectivity index (χ0v) is 15.1. The van der Waals surface area contributed by atoms with Gasteiger partial charge in [0.15, 0.2) is 0 Å². The molecule has 0 saturated carbocycles. The first-order chi connectivity index (χ1) is 12.1. The summed E-state index contributed by atoms with van der Waals surface area (Å²) < 4.78 is 11.3. The van der Waals surface area contributed by atoms with Gasteiger partial charge in [0.05, 0.1) is 0 Å². The average Bonchev–Trinajstić information content (AvgIpc) is 2.58. The number of nitrogens with zero attached hydrogens (tertiary/aromatic N) is 1. The maximum absolute atomic E-state index is 12.6. The summed E-state index contributed by atoms with van der Waals surface area (Å²) in [5.74, 6) is 0.626. The molecule has 2 aromatic carbocycles. The summed E-state index contributed by atoms with van der Waals surface area (Å²) in [6.07, 6.45) is 3.93. The van der Waals surface area contributed by atoms with Crippen molar-refractivity contribution in [3.8, 4) is 11.5 Å². The zero-order valence-electron chi connectivity index (χ0n) is 15.1. The molecule has 0 N–H and O–H groups in total. The quantitative estimate of drug-likeness (QED) is 0.301. The second-order valence-electron chi connectivity index (χ2n) is 5.91. The lowest BCUT2D eigenvalue weighted by atomic mass is 10.0. The van der Waals surface area contributed by atoms with Crippen molar-refractivity contribution >= 4 is 12.2 Å². The molecule has 0 radical (unpaired) electrons. The van der Waals surface area contributed by atoms with Crippen LogP contribution in [0.3, 0.4) is 0 Å². The molecule has 0 amide bonds. The van der Waals surface area contributed by atoms with E-state index in [2.05, 4.69) is 11.9 Å². The minimum atomic E-state index is -0.415. The Kier molecular flexibility index (Phi) is 7.20. The van der Waals surface area contributed by atoms with E-state index in [0.29, 0.717) is 23.7 Å². The molecular weight excluding hydrogens is 314 g/mol. The monoisotopic (exact) mass is 339 g/mol. The number of carbonyl (C=O) groups is 1. The van der Waals surface area contributed by atoms with Crippen LogP contribution in [-0.4, -0.2) is 25.3 Å². The van der Waals surface area contributed by atoms with Crippen molar-refractivity contribution in [1.29, 1.82) is 0 Å². The second-order valence-corrected chi connectivity index (χ2v) is 5.91. The highest BCUT2D eigenvalue weighted by Gasteiger charge is 2.18. The van der Waals surface area contributed by atoms with Crippen LogP contribution in [-0.2, 0) is 0 Å². The van der Waals surface area contributed by atoms with E-state index in [9.17, 15) is 4.79 Å². The normalized spacial score (nSPS) is 10.8. The predicted octanol–water partition coefficient (Wildman–Crippen LogP) is 4.77. The molecule has 0 saturated heterocycles. The largest absolute Gasteiger partial charge is 0.487 e. The molecule has 0 spiro atoms. The van der Waals surface area contributed by atoms with E-state index in [0.717, 1.165) is 30.5 Å². The Hall–Kier alpha value is -2.62. The van der Waals surface area contributed by atoms with E-state index < -0.39 is 5.97 Å². The molecule has 25 heavy (non-hydrogen) atoms. The first kappa shape index (κ1) is 18.7. The third kappa shape index (κ3) is 5.75. The van der Waals surface area contributed by atoms with Crippen LogP contribution in [0, 0.1) is 13.8 Å². The standard InChI is InChI=1S/C21H25NO3/c1-4-5-11-22-12-13-24-19-15-16(2)14-17(3)20(19)21(23)25-18-9-7-6-8-10-18/h6-10,12,14-15H,4-5,11,13H2,1-3H3. The Bertz CT molecular complexity index is 723. The van der Waals surface area contributed by atoms with Crippen LogP contribution in [0.2, 0.25) is 0 Å². The van der Waals surface area contributed by atoms with Gasteiger partial charge in [0.1, 0.15) is 23.7 Å². The third-order valence-corrected chi connectivity index (χ3v) is 3.68. The number of esters is 1. The maximum atomic E-state index is 12.6. The molecule has 2 rings (SSSR count). The topological polar surface area (TPSA) is 47.9 Å². The van der Waals surface area contributed by atoms with E-state index in [4.69, 9.17) is 9.47 Å². The van der Waals surface area contributed by atoms with Crippen molar-refractivity contribution in [2.45, 2.75) is 33.6 Å². The Labute approximate surface area is 149 Å².